The van der Waals surface area contributed by atoms with Crippen molar-refractivity contribution < 1.29 is 5.11 Å². The van der Waals surface area contributed by atoms with Crippen LogP contribution in [0.3, 0.4) is 0 Å². The van der Waals surface area contributed by atoms with E-state index >= 15 is 0 Å². The van der Waals surface area contributed by atoms with Gasteiger partial charge >= 0.3 is 0 Å². The van der Waals surface area contributed by atoms with Gasteiger partial charge in [-0.05, 0) is 25.0 Å². The van der Waals surface area contributed by atoms with E-state index in [2.05, 4.69) is 5.32 Å². The van der Waals surface area contributed by atoms with Gasteiger partial charge in [-0.15, -0.1) is 0 Å². The van der Waals surface area contributed by atoms with Crippen molar-refractivity contribution in [2.24, 2.45) is 5.92 Å². The molecule has 0 aromatic heterocycles. The minimum atomic E-state index is -0.576. The molecule has 1 unspecified atom stereocenters. The molecule has 0 aromatic rings. The number of aliphatic hydroxyl groups excluding tert-OH is 1. The average Bonchev–Trinajstić information content (AvgIpc) is 2.07. The third-order valence-corrected chi connectivity index (χ3v) is 2.66. The summed E-state index contributed by atoms with van der Waals surface area (Å²) >= 11 is 1.68. The molecule has 12 heavy (non-hydrogen) atoms. The SMILES string of the molecule is CNC(C#N)[C@H](O)[C@H](C)CSC. The molecule has 0 radical (unpaired) electrons. The van der Waals surface area contributed by atoms with Gasteiger partial charge in [0, 0.05) is 0 Å². The van der Waals surface area contributed by atoms with E-state index in [9.17, 15) is 5.11 Å². The second kappa shape index (κ2) is 6.30. The molecule has 0 rings (SSSR count). The number of nitrogens with zero attached hydrogens (tertiary/aromatic N) is 1. The first-order chi connectivity index (χ1) is 5.67. The minimum absolute atomic E-state index is 0.150. The van der Waals surface area contributed by atoms with Crippen molar-refractivity contribution >= 4 is 11.8 Å². The summed E-state index contributed by atoms with van der Waals surface area (Å²) in [5.74, 6) is 1.03. The molecular weight excluding hydrogens is 172 g/mol. The summed E-state index contributed by atoms with van der Waals surface area (Å²) in [5.41, 5.74) is 0. The van der Waals surface area contributed by atoms with Crippen LogP contribution < -0.4 is 5.32 Å². The van der Waals surface area contributed by atoms with Crippen molar-refractivity contribution in [2.75, 3.05) is 19.1 Å². The molecule has 0 spiro atoms. The Morgan fingerprint density at radius 2 is 2.25 bits per heavy atom. The average molecular weight is 188 g/mol. The molecule has 0 aliphatic rings. The lowest BCUT2D eigenvalue weighted by Crippen LogP contribution is -2.41. The minimum Gasteiger partial charge on any atom is -0.390 e. The normalized spacial score (nSPS) is 17.9. The molecule has 70 valence electrons. The zero-order valence-electron chi connectivity index (χ0n) is 7.74. The molecule has 0 saturated carbocycles. The summed E-state index contributed by atoms with van der Waals surface area (Å²) in [7, 11) is 1.68. The van der Waals surface area contributed by atoms with E-state index in [-0.39, 0.29) is 5.92 Å². The summed E-state index contributed by atoms with van der Waals surface area (Å²) in [6.45, 7) is 1.95. The number of likely N-dealkylation sites (N-methyl/N-ethyl adjacent to an activating group) is 1. The zero-order valence-corrected chi connectivity index (χ0v) is 8.56. The Balaban J connectivity index is 3.98. The first-order valence-electron chi connectivity index (χ1n) is 3.91. The molecule has 0 aromatic carbocycles. The van der Waals surface area contributed by atoms with Crippen LogP contribution in [0.2, 0.25) is 0 Å². The van der Waals surface area contributed by atoms with Crippen LogP contribution in [-0.2, 0) is 0 Å². The molecule has 0 bridgehead atoms. The van der Waals surface area contributed by atoms with Gasteiger partial charge in [0.05, 0.1) is 12.2 Å². The summed E-state index contributed by atoms with van der Waals surface area (Å²) in [5, 5.41) is 21.0. The Morgan fingerprint density at radius 3 is 2.58 bits per heavy atom. The van der Waals surface area contributed by atoms with Gasteiger partial charge in [-0.1, -0.05) is 6.92 Å². The number of hydrogen-bond acceptors (Lipinski definition) is 4. The third-order valence-electron chi connectivity index (χ3n) is 1.80. The highest BCUT2D eigenvalue weighted by atomic mass is 32.2. The van der Waals surface area contributed by atoms with E-state index in [1.165, 1.54) is 0 Å². The zero-order chi connectivity index (χ0) is 9.56. The van der Waals surface area contributed by atoms with Crippen LogP contribution in [0.5, 0.6) is 0 Å². The molecule has 4 heteroatoms. The molecule has 2 N–H and O–H groups in total. The number of hydrogen-bond donors (Lipinski definition) is 2. The van der Waals surface area contributed by atoms with Gasteiger partial charge in [-0.3, -0.25) is 0 Å². The van der Waals surface area contributed by atoms with E-state index in [1.54, 1.807) is 18.8 Å². The molecule has 0 saturated heterocycles. The van der Waals surface area contributed by atoms with Crippen molar-refractivity contribution in [2.45, 2.75) is 19.1 Å². The monoisotopic (exact) mass is 188 g/mol. The van der Waals surface area contributed by atoms with Crippen LogP contribution in [0.1, 0.15) is 6.92 Å². The fourth-order valence-corrected chi connectivity index (χ4v) is 1.72. The van der Waals surface area contributed by atoms with Crippen LogP contribution in [-0.4, -0.2) is 36.3 Å². The van der Waals surface area contributed by atoms with Gasteiger partial charge in [0.25, 0.3) is 0 Å². The predicted molar refractivity (Wildman–Crippen MR) is 52.0 cm³/mol. The summed E-state index contributed by atoms with van der Waals surface area (Å²) in [4.78, 5) is 0. The van der Waals surface area contributed by atoms with Gasteiger partial charge < -0.3 is 10.4 Å². The van der Waals surface area contributed by atoms with Crippen LogP contribution in [0.4, 0.5) is 0 Å². The molecular formula is C8H16N2OS. The number of thioether (sulfide) groups is 1. The molecule has 0 amide bonds. The van der Waals surface area contributed by atoms with Crippen molar-refractivity contribution in [3.63, 3.8) is 0 Å². The fourth-order valence-electron chi connectivity index (χ4n) is 1.00. The van der Waals surface area contributed by atoms with Crippen molar-refractivity contribution in [3.8, 4) is 6.07 Å². The van der Waals surface area contributed by atoms with E-state index in [4.69, 9.17) is 5.26 Å². The smallest absolute Gasteiger partial charge is 0.122 e. The highest BCUT2D eigenvalue weighted by Crippen LogP contribution is 2.11. The Bertz CT molecular complexity index is 158. The number of aliphatic hydroxyl groups is 1. The summed E-state index contributed by atoms with van der Waals surface area (Å²) < 4.78 is 0. The number of rotatable bonds is 5. The lowest BCUT2D eigenvalue weighted by Gasteiger charge is -2.21. The standard InChI is InChI=1S/C8H16N2OS/c1-6(5-12-3)8(11)7(4-9)10-2/h6-8,10-11H,5H2,1-3H3/t6-,7?,8-/m1/s1. The first kappa shape index (κ1) is 11.8. The Kier molecular flexibility index (Phi) is 6.17. The maximum atomic E-state index is 9.61. The van der Waals surface area contributed by atoms with E-state index in [0.717, 1.165) is 5.75 Å². The van der Waals surface area contributed by atoms with Crippen LogP contribution in [0, 0.1) is 17.2 Å². The first-order valence-corrected chi connectivity index (χ1v) is 5.30. The predicted octanol–water partition coefficient (Wildman–Crippen LogP) is 0.458. The van der Waals surface area contributed by atoms with Gasteiger partial charge in [0.1, 0.15) is 6.04 Å². The largest absolute Gasteiger partial charge is 0.390 e. The van der Waals surface area contributed by atoms with Crippen LogP contribution in [0.25, 0.3) is 0 Å². The summed E-state index contributed by atoms with van der Waals surface area (Å²) in [6, 6.07) is 1.57. The van der Waals surface area contributed by atoms with Gasteiger partial charge in [-0.25, -0.2) is 0 Å². The highest BCUT2D eigenvalue weighted by molar-refractivity contribution is 7.98. The van der Waals surface area contributed by atoms with Crippen LogP contribution >= 0.6 is 11.8 Å². The Labute approximate surface area is 78.2 Å². The summed E-state index contributed by atoms with van der Waals surface area (Å²) in [6.07, 6.45) is 1.41. The number of nitrogens with one attached hydrogen (secondary N) is 1. The number of nitriles is 1. The van der Waals surface area contributed by atoms with Crippen LogP contribution in [0.15, 0.2) is 0 Å². The fraction of sp³-hybridized carbons (Fsp3) is 0.875. The topological polar surface area (TPSA) is 56.0 Å². The lowest BCUT2D eigenvalue weighted by molar-refractivity contribution is 0.107. The van der Waals surface area contributed by atoms with E-state index in [1.807, 2.05) is 19.2 Å². The lowest BCUT2D eigenvalue weighted by atomic mass is 10.0. The van der Waals surface area contributed by atoms with Gasteiger partial charge in [-0.2, -0.15) is 17.0 Å². The quantitative estimate of drug-likeness (QED) is 0.658. The maximum absolute atomic E-state index is 9.61. The molecule has 3 nitrogen and oxygen atoms in total. The second-order valence-corrected chi connectivity index (χ2v) is 3.73. The third kappa shape index (κ3) is 3.44. The van der Waals surface area contributed by atoms with Crippen molar-refractivity contribution in [1.82, 2.24) is 5.32 Å². The second-order valence-electron chi connectivity index (χ2n) is 2.82. The molecule has 3 atom stereocenters. The highest BCUT2D eigenvalue weighted by Gasteiger charge is 2.22. The van der Waals surface area contributed by atoms with E-state index < -0.39 is 12.1 Å². The maximum Gasteiger partial charge on any atom is 0.122 e. The van der Waals surface area contributed by atoms with Crippen molar-refractivity contribution in [3.05, 3.63) is 0 Å². The molecule has 0 fully saturated rings. The van der Waals surface area contributed by atoms with Gasteiger partial charge in [0.15, 0.2) is 0 Å². The Hall–Kier alpha value is -0.240. The van der Waals surface area contributed by atoms with E-state index in [0.29, 0.717) is 0 Å². The van der Waals surface area contributed by atoms with Crippen molar-refractivity contribution in [1.29, 1.82) is 5.26 Å². The molecule has 0 aliphatic heterocycles. The Morgan fingerprint density at radius 1 is 1.67 bits per heavy atom. The molecule has 0 heterocycles. The molecule has 0 aliphatic carbocycles. The van der Waals surface area contributed by atoms with Gasteiger partial charge in [0.2, 0.25) is 0 Å².